The highest BCUT2D eigenvalue weighted by atomic mass is 32.2. The molecule has 96 valence electrons. The minimum absolute atomic E-state index is 0.0575. The van der Waals surface area contributed by atoms with Gasteiger partial charge in [0.2, 0.25) is 10.0 Å². The second-order valence-electron chi connectivity index (χ2n) is 4.80. The van der Waals surface area contributed by atoms with Crippen molar-refractivity contribution in [3.8, 4) is 11.5 Å². The third-order valence-electron chi connectivity index (χ3n) is 1.62. The number of hydrogen-bond donors (Lipinski definition) is 2. The monoisotopic (exact) mass is 259 g/mol. The standard InChI is InChI=1S/C11H17NO4S/c1-11(2,3)16-10-6-8(5-9(13)7-10)12-17(4,14)15/h5-7,12-13H,1-4H3. The van der Waals surface area contributed by atoms with Crippen LogP contribution < -0.4 is 9.46 Å². The van der Waals surface area contributed by atoms with E-state index in [1.807, 2.05) is 20.8 Å². The zero-order chi connectivity index (χ0) is 13.3. The zero-order valence-electron chi connectivity index (χ0n) is 10.3. The number of phenols is 1. The molecular formula is C11H17NO4S. The van der Waals surface area contributed by atoms with Gasteiger partial charge in [0.25, 0.3) is 0 Å². The fraction of sp³-hybridized carbons (Fsp3) is 0.455. The SMILES string of the molecule is CC(C)(C)Oc1cc(O)cc(NS(C)(=O)=O)c1. The molecule has 0 aliphatic heterocycles. The summed E-state index contributed by atoms with van der Waals surface area (Å²) < 4.78 is 30.0. The van der Waals surface area contributed by atoms with E-state index in [0.29, 0.717) is 5.75 Å². The van der Waals surface area contributed by atoms with Crippen molar-refractivity contribution in [1.29, 1.82) is 0 Å². The van der Waals surface area contributed by atoms with Crippen LogP contribution in [0.1, 0.15) is 20.8 Å². The molecule has 0 saturated carbocycles. The quantitative estimate of drug-likeness (QED) is 0.869. The Kier molecular flexibility index (Phi) is 3.56. The molecule has 0 unspecified atom stereocenters. The van der Waals surface area contributed by atoms with Crippen molar-refractivity contribution in [1.82, 2.24) is 0 Å². The van der Waals surface area contributed by atoms with Gasteiger partial charge in [-0.2, -0.15) is 0 Å². The Morgan fingerprint density at radius 3 is 2.29 bits per heavy atom. The van der Waals surface area contributed by atoms with E-state index in [1.165, 1.54) is 18.2 Å². The summed E-state index contributed by atoms with van der Waals surface area (Å²) in [5.41, 5.74) is -0.150. The fourth-order valence-corrected chi connectivity index (χ4v) is 1.81. The molecule has 0 saturated heterocycles. The number of phenolic OH excluding ortho intramolecular Hbond substituents is 1. The first-order valence-corrected chi connectivity index (χ1v) is 6.95. The average molecular weight is 259 g/mol. The number of rotatable bonds is 3. The van der Waals surface area contributed by atoms with Crippen LogP contribution in [0.4, 0.5) is 5.69 Å². The lowest BCUT2D eigenvalue weighted by Gasteiger charge is -2.21. The number of hydrogen-bond acceptors (Lipinski definition) is 4. The maximum atomic E-state index is 11.1. The fourth-order valence-electron chi connectivity index (χ4n) is 1.27. The third-order valence-corrected chi connectivity index (χ3v) is 2.23. The summed E-state index contributed by atoms with van der Waals surface area (Å²) in [5.74, 6) is 0.349. The molecule has 0 aromatic heterocycles. The van der Waals surface area contributed by atoms with Gasteiger partial charge in [-0.25, -0.2) is 8.42 Å². The molecule has 0 radical (unpaired) electrons. The highest BCUT2D eigenvalue weighted by Gasteiger charge is 2.13. The zero-order valence-corrected chi connectivity index (χ0v) is 11.1. The van der Waals surface area contributed by atoms with Crippen LogP contribution in [0.15, 0.2) is 18.2 Å². The summed E-state index contributed by atoms with van der Waals surface area (Å²) in [7, 11) is -3.37. The first-order chi connectivity index (χ1) is 7.55. The molecule has 1 rings (SSSR count). The number of aromatic hydroxyl groups is 1. The van der Waals surface area contributed by atoms with Gasteiger partial charge >= 0.3 is 0 Å². The maximum Gasteiger partial charge on any atom is 0.229 e. The molecule has 2 N–H and O–H groups in total. The minimum Gasteiger partial charge on any atom is -0.508 e. The Hall–Kier alpha value is -1.43. The number of nitrogens with one attached hydrogen (secondary N) is 1. The second kappa shape index (κ2) is 4.44. The number of anilines is 1. The van der Waals surface area contributed by atoms with Gasteiger partial charge in [-0.3, -0.25) is 4.72 Å². The van der Waals surface area contributed by atoms with Crippen LogP contribution in [0.5, 0.6) is 11.5 Å². The summed E-state index contributed by atoms with van der Waals surface area (Å²) in [6, 6.07) is 4.27. The first-order valence-electron chi connectivity index (χ1n) is 5.06. The molecule has 0 aliphatic rings. The summed E-state index contributed by atoms with van der Waals surface area (Å²) in [4.78, 5) is 0. The van der Waals surface area contributed by atoms with Crippen LogP contribution in [0, 0.1) is 0 Å². The summed E-state index contributed by atoms with van der Waals surface area (Å²) >= 11 is 0. The maximum absolute atomic E-state index is 11.1. The van der Waals surface area contributed by atoms with E-state index in [-0.39, 0.29) is 11.4 Å². The summed E-state index contributed by atoms with van der Waals surface area (Å²) in [5, 5.41) is 9.47. The van der Waals surface area contributed by atoms with Gasteiger partial charge in [0.1, 0.15) is 17.1 Å². The Labute approximate surface area is 101 Å². The van der Waals surface area contributed by atoms with Gasteiger partial charge in [-0.15, -0.1) is 0 Å². The predicted octanol–water partition coefficient (Wildman–Crippen LogP) is 1.94. The average Bonchev–Trinajstić information content (AvgIpc) is 1.93. The Morgan fingerprint density at radius 2 is 1.82 bits per heavy atom. The number of benzene rings is 1. The Bertz CT molecular complexity index is 503. The Balaban J connectivity index is 3.03. The second-order valence-corrected chi connectivity index (χ2v) is 6.55. The summed E-state index contributed by atoms with van der Waals surface area (Å²) in [6.07, 6.45) is 1.04. The van der Waals surface area contributed by atoms with Gasteiger partial charge in [0.15, 0.2) is 0 Å². The van der Waals surface area contributed by atoms with E-state index in [0.717, 1.165) is 6.26 Å². The first kappa shape index (κ1) is 13.6. The topological polar surface area (TPSA) is 75.6 Å². The third kappa shape index (κ3) is 5.44. The van der Waals surface area contributed by atoms with E-state index in [4.69, 9.17) is 4.74 Å². The van der Waals surface area contributed by atoms with E-state index in [2.05, 4.69) is 4.72 Å². The van der Waals surface area contributed by atoms with E-state index in [1.54, 1.807) is 0 Å². The van der Waals surface area contributed by atoms with Crippen LogP contribution in [-0.4, -0.2) is 25.4 Å². The van der Waals surface area contributed by atoms with Crippen molar-refractivity contribution >= 4 is 15.7 Å². The highest BCUT2D eigenvalue weighted by molar-refractivity contribution is 7.92. The smallest absolute Gasteiger partial charge is 0.229 e. The molecule has 1 aromatic rings. The molecule has 6 heteroatoms. The molecule has 0 atom stereocenters. The van der Waals surface area contributed by atoms with E-state index in [9.17, 15) is 13.5 Å². The van der Waals surface area contributed by atoms with Gasteiger partial charge < -0.3 is 9.84 Å². The van der Waals surface area contributed by atoms with Crippen LogP contribution in [-0.2, 0) is 10.0 Å². The van der Waals surface area contributed by atoms with Crippen LogP contribution in [0.3, 0.4) is 0 Å². The van der Waals surface area contributed by atoms with Crippen LogP contribution in [0.2, 0.25) is 0 Å². The Morgan fingerprint density at radius 1 is 1.24 bits per heavy atom. The lowest BCUT2D eigenvalue weighted by atomic mass is 10.2. The molecule has 0 bridgehead atoms. The van der Waals surface area contributed by atoms with Crippen LogP contribution >= 0.6 is 0 Å². The van der Waals surface area contributed by atoms with Gasteiger partial charge in [0, 0.05) is 18.2 Å². The lowest BCUT2D eigenvalue weighted by molar-refractivity contribution is 0.130. The molecule has 1 aromatic carbocycles. The van der Waals surface area contributed by atoms with Gasteiger partial charge in [-0.1, -0.05) is 0 Å². The molecule has 0 fully saturated rings. The molecule has 0 amide bonds. The van der Waals surface area contributed by atoms with Crippen molar-refractivity contribution in [2.24, 2.45) is 0 Å². The van der Waals surface area contributed by atoms with Crippen molar-refractivity contribution < 1.29 is 18.3 Å². The molecular weight excluding hydrogens is 242 g/mol. The van der Waals surface area contributed by atoms with E-state index < -0.39 is 15.6 Å². The van der Waals surface area contributed by atoms with Gasteiger partial charge in [0.05, 0.1) is 11.9 Å². The summed E-state index contributed by atoms with van der Waals surface area (Å²) in [6.45, 7) is 5.59. The minimum atomic E-state index is -3.37. The van der Waals surface area contributed by atoms with Crippen molar-refractivity contribution in [3.05, 3.63) is 18.2 Å². The predicted molar refractivity (Wildman–Crippen MR) is 67.0 cm³/mol. The van der Waals surface area contributed by atoms with Crippen LogP contribution in [0.25, 0.3) is 0 Å². The van der Waals surface area contributed by atoms with Gasteiger partial charge in [-0.05, 0) is 20.8 Å². The largest absolute Gasteiger partial charge is 0.508 e. The van der Waals surface area contributed by atoms with Crippen molar-refractivity contribution in [3.63, 3.8) is 0 Å². The highest BCUT2D eigenvalue weighted by Crippen LogP contribution is 2.28. The van der Waals surface area contributed by atoms with E-state index >= 15 is 0 Å². The molecule has 0 heterocycles. The van der Waals surface area contributed by atoms with Crippen molar-refractivity contribution in [2.75, 3.05) is 11.0 Å². The molecule has 0 aliphatic carbocycles. The molecule has 17 heavy (non-hydrogen) atoms. The number of sulfonamides is 1. The van der Waals surface area contributed by atoms with Crippen molar-refractivity contribution in [2.45, 2.75) is 26.4 Å². The lowest BCUT2D eigenvalue weighted by Crippen LogP contribution is -2.23. The normalized spacial score (nSPS) is 12.2. The molecule has 5 nitrogen and oxygen atoms in total. The number of ether oxygens (including phenoxy) is 1. The molecule has 0 spiro atoms.